The first-order valence-corrected chi connectivity index (χ1v) is 7.08. The van der Waals surface area contributed by atoms with Crippen molar-refractivity contribution in [2.24, 2.45) is 0 Å². The van der Waals surface area contributed by atoms with Gasteiger partial charge in [-0.25, -0.2) is 9.37 Å². The molecule has 114 valence electrons. The molecule has 0 saturated carbocycles. The second-order valence-corrected chi connectivity index (χ2v) is 5.44. The van der Waals surface area contributed by atoms with Gasteiger partial charge in [-0.1, -0.05) is 11.6 Å². The van der Waals surface area contributed by atoms with Crippen LogP contribution in [0.4, 0.5) is 4.39 Å². The Labute approximate surface area is 134 Å². The Kier molecular flexibility index (Phi) is 2.92. The Bertz CT molecular complexity index is 1080. The molecular weight excluding hydrogens is 321 g/mol. The van der Waals surface area contributed by atoms with Crippen molar-refractivity contribution < 1.29 is 9.50 Å². The summed E-state index contributed by atoms with van der Waals surface area (Å²) in [5, 5.41) is 18.7. The third-order valence-electron chi connectivity index (χ3n) is 3.55. The predicted molar refractivity (Wildman–Crippen MR) is 82.9 cm³/mol. The standard InChI is InChI=1S/C15H9ClFN5O/c1-7-14-20-21-15(9-2-3-18-6-10(9)16)22(14)11-4-8(17)5-12(23)13(11)19-7/h2-6,23H,1H3. The molecule has 8 heteroatoms. The normalized spacial score (nSPS) is 11.4. The molecule has 0 aliphatic heterocycles. The van der Waals surface area contributed by atoms with Gasteiger partial charge in [0.1, 0.15) is 17.1 Å². The van der Waals surface area contributed by atoms with Gasteiger partial charge in [0.05, 0.1) is 16.2 Å². The quantitative estimate of drug-likeness (QED) is 0.580. The van der Waals surface area contributed by atoms with E-state index in [4.69, 9.17) is 11.6 Å². The van der Waals surface area contributed by atoms with E-state index in [9.17, 15) is 9.50 Å². The lowest BCUT2D eigenvalue weighted by Crippen LogP contribution is -1.99. The SMILES string of the molecule is Cc1nc2c(O)cc(F)cc2n2c(-c3ccncc3Cl)nnc12. The fraction of sp³-hybridized carbons (Fsp3) is 0.0667. The van der Waals surface area contributed by atoms with Crippen LogP contribution in [0.5, 0.6) is 5.75 Å². The Morgan fingerprint density at radius 1 is 1.26 bits per heavy atom. The third-order valence-corrected chi connectivity index (χ3v) is 3.86. The number of fused-ring (bicyclic) bond motifs is 3. The van der Waals surface area contributed by atoms with Crippen molar-refractivity contribution >= 4 is 28.3 Å². The number of hydrogen-bond donors (Lipinski definition) is 1. The highest BCUT2D eigenvalue weighted by atomic mass is 35.5. The molecule has 0 atom stereocenters. The lowest BCUT2D eigenvalue weighted by Gasteiger charge is -2.08. The van der Waals surface area contributed by atoms with Gasteiger partial charge < -0.3 is 5.11 Å². The summed E-state index contributed by atoms with van der Waals surface area (Å²) >= 11 is 6.19. The van der Waals surface area contributed by atoms with Crippen molar-refractivity contribution in [2.45, 2.75) is 6.92 Å². The number of phenolic OH excluding ortho intramolecular Hbond substituents is 1. The van der Waals surface area contributed by atoms with E-state index in [1.54, 1.807) is 23.6 Å². The van der Waals surface area contributed by atoms with Crippen molar-refractivity contribution in [3.63, 3.8) is 0 Å². The first-order valence-electron chi connectivity index (χ1n) is 6.70. The van der Waals surface area contributed by atoms with Crippen LogP contribution in [0.1, 0.15) is 5.69 Å². The van der Waals surface area contributed by atoms with Crippen molar-refractivity contribution in [3.05, 3.63) is 47.1 Å². The predicted octanol–water partition coefficient (Wildman–Crippen LogP) is 3.15. The van der Waals surface area contributed by atoms with Crippen LogP contribution in [0, 0.1) is 12.7 Å². The van der Waals surface area contributed by atoms with Crippen molar-refractivity contribution in [3.8, 4) is 17.1 Å². The molecule has 0 aliphatic carbocycles. The van der Waals surface area contributed by atoms with Gasteiger partial charge in [0, 0.05) is 30.1 Å². The summed E-state index contributed by atoms with van der Waals surface area (Å²) < 4.78 is 15.4. The molecule has 3 aromatic heterocycles. The zero-order valence-corrected chi connectivity index (χ0v) is 12.6. The van der Waals surface area contributed by atoms with Crippen LogP contribution in [0.3, 0.4) is 0 Å². The number of aryl methyl sites for hydroxylation is 1. The average Bonchev–Trinajstić information content (AvgIpc) is 2.95. The van der Waals surface area contributed by atoms with Gasteiger partial charge >= 0.3 is 0 Å². The van der Waals surface area contributed by atoms with Gasteiger partial charge in [0.2, 0.25) is 0 Å². The van der Waals surface area contributed by atoms with E-state index >= 15 is 0 Å². The first-order chi connectivity index (χ1) is 11.1. The van der Waals surface area contributed by atoms with Gasteiger partial charge in [0.25, 0.3) is 0 Å². The van der Waals surface area contributed by atoms with Crippen LogP contribution in [0.2, 0.25) is 5.02 Å². The minimum Gasteiger partial charge on any atom is -0.505 e. The molecular formula is C15H9ClFN5O. The highest BCUT2D eigenvalue weighted by Gasteiger charge is 2.18. The average molecular weight is 330 g/mol. The maximum absolute atomic E-state index is 13.8. The van der Waals surface area contributed by atoms with Crippen molar-refractivity contribution in [2.75, 3.05) is 0 Å². The molecule has 4 rings (SSSR count). The molecule has 6 nitrogen and oxygen atoms in total. The summed E-state index contributed by atoms with van der Waals surface area (Å²) in [6.07, 6.45) is 3.07. The van der Waals surface area contributed by atoms with E-state index in [1.807, 2.05) is 0 Å². The van der Waals surface area contributed by atoms with Gasteiger partial charge in [-0.15, -0.1) is 10.2 Å². The largest absolute Gasteiger partial charge is 0.505 e. The van der Waals surface area contributed by atoms with E-state index in [2.05, 4.69) is 20.2 Å². The maximum Gasteiger partial charge on any atom is 0.183 e. The molecule has 0 bridgehead atoms. The molecule has 23 heavy (non-hydrogen) atoms. The number of aromatic nitrogens is 5. The van der Waals surface area contributed by atoms with Crippen LogP contribution in [0.15, 0.2) is 30.6 Å². The molecule has 4 aromatic rings. The number of nitrogens with zero attached hydrogens (tertiary/aromatic N) is 5. The van der Waals surface area contributed by atoms with Crippen LogP contribution in [0.25, 0.3) is 28.1 Å². The van der Waals surface area contributed by atoms with Gasteiger partial charge in [-0.3, -0.25) is 9.38 Å². The Morgan fingerprint density at radius 2 is 2.09 bits per heavy atom. The summed E-state index contributed by atoms with van der Waals surface area (Å²) in [6.45, 7) is 1.74. The fourth-order valence-corrected chi connectivity index (χ4v) is 2.76. The van der Waals surface area contributed by atoms with Crippen molar-refractivity contribution in [1.29, 1.82) is 0 Å². The molecule has 0 unspecified atom stereocenters. The fourth-order valence-electron chi connectivity index (χ4n) is 2.55. The number of hydrogen-bond acceptors (Lipinski definition) is 5. The monoisotopic (exact) mass is 329 g/mol. The van der Waals surface area contributed by atoms with Crippen LogP contribution in [-0.2, 0) is 0 Å². The van der Waals surface area contributed by atoms with Gasteiger partial charge in [-0.2, -0.15) is 0 Å². The second kappa shape index (κ2) is 4.85. The van der Waals surface area contributed by atoms with E-state index in [1.165, 1.54) is 12.3 Å². The second-order valence-electron chi connectivity index (χ2n) is 5.03. The summed E-state index contributed by atoms with van der Waals surface area (Å²) in [5.41, 5.74) is 2.25. The lowest BCUT2D eigenvalue weighted by atomic mass is 10.2. The molecule has 0 fully saturated rings. The molecule has 1 N–H and O–H groups in total. The van der Waals surface area contributed by atoms with Gasteiger partial charge in [-0.05, 0) is 13.0 Å². The van der Waals surface area contributed by atoms with E-state index in [0.717, 1.165) is 6.07 Å². The minimum absolute atomic E-state index is 0.245. The third kappa shape index (κ3) is 2.01. The maximum atomic E-state index is 13.8. The molecule has 0 spiro atoms. The zero-order valence-electron chi connectivity index (χ0n) is 11.8. The molecule has 0 amide bonds. The number of benzene rings is 1. The molecule has 0 saturated heterocycles. The molecule has 1 aromatic carbocycles. The number of pyridine rings is 1. The van der Waals surface area contributed by atoms with Crippen LogP contribution >= 0.6 is 11.6 Å². The molecule has 0 radical (unpaired) electrons. The number of rotatable bonds is 1. The number of aromatic hydroxyl groups is 1. The van der Waals surface area contributed by atoms with E-state index < -0.39 is 5.82 Å². The summed E-state index contributed by atoms with van der Waals surface area (Å²) in [4.78, 5) is 8.23. The van der Waals surface area contributed by atoms with Crippen molar-refractivity contribution in [1.82, 2.24) is 24.6 Å². The summed E-state index contributed by atoms with van der Waals surface area (Å²) in [7, 11) is 0. The molecule has 0 aliphatic rings. The highest BCUT2D eigenvalue weighted by molar-refractivity contribution is 6.33. The van der Waals surface area contributed by atoms with Gasteiger partial charge in [0.15, 0.2) is 11.5 Å². The smallest absolute Gasteiger partial charge is 0.183 e. The topological polar surface area (TPSA) is 76.2 Å². The highest BCUT2D eigenvalue weighted by Crippen LogP contribution is 2.31. The number of phenols is 1. The van der Waals surface area contributed by atoms with E-state index in [0.29, 0.717) is 33.3 Å². The first kappa shape index (κ1) is 13.8. The minimum atomic E-state index is -0.581. The Balaban J connectivity index is 2.22. The number of halogens is 2. The Hall–Kier alpha value is -2.80. The van der Waals surface area contributed by atoms with Crippen LogP contribution in [-0.4, -0.2) is 29.7 Å². The summed E-state index contributed by atoms with van der Waals surface area (Å²) in [5.74, 6) is -0.402. The zero-order chi connectivity index (χ0) is 16.1. The van der Waals surface area contributed by atoms with Crippen LogP contribution < -0.4 is 0 Å². The lowest BCUT2D eigenvalue weighted by molar-refractivity contribution is 0.474. The Morgan fingerprint density at radius 3 is 2.87 bits per heavy atom. The molecule has 3 heterocycles. The van der Waals surface area contributed by atoms with E-state index in [-0.39, 0.29) is 11.3 Å². The summed E-state index contributed by atoms with van der Waals surface area (Å²) in [6, 6.07) is 3.99.